The van der Waals surface area contributed by atoms with Crippen LogP contribution in [0.25, 0.3) is 0 Å². The van der Waals surface area contributed by atoms with Crippen LogP contribution in [0, 0.1) is 5.41 Å². The molecule has 0 bridgehead atoms. The van der Waals surface area contributed by atoms with Gasteiger partial charge in [-0.25, -0.2) is 0 Å². The molecule has 1 rings (SSSR count). The Morgan fingerprint density at radius 1 is 1.73 bits per heavy atom. The Hall–Kier alpha value is -0.830. The van der Waals surface area contributed by atoms with E-state index in [9.17, 15) is 4.79 Å². The second-order valence-corrected chi connectivity index (χ2v) is 4.55. The molecular formula is C12H22N2O. The Morgan fingerprint density at radius 3 is 2.80 bits per heavy atom. The second kappa shape index (κ2) is 4.79. The Morgan fingerprint density at radius 2 is 2.40 bits per heavy atom. The van der Waals surface area contributed by atoms with Gasteiger partial charge >= 0.3 is 0 Å². The molecule has 0 radical (unpaired) electrons. The lowest BCUT2D eigenvalue weighted by atomic mass is 9.83. The van der Waals surface area contributed by atoms with Crippen LogP contribution in [0.1, 0.15) is 33.1 Å². The first-order valence-corrected chi connectivity index (χ1v) is 5.72. The van der Waals surface area contributed by atoms with Gasteiger partial charge in [0.1, 0.15) is 0 Å². The van der Waals surface area contributed by atoms with E-state index in [1.165, 1.54) is 0 Å². The van der Waals surface area contributed by atoms with Gasteiger partial charge in [0.25, 0.3) is 0 Å². The lowest BCUT2D eigenvalue weighted by molar-refractivity contribution is -0.140. The maximum Gasteiger partial charge on any atom is 0.230 e. The van der Waals surface area contributed by atoms with E-state index in [0.29, 0.717) is 6.54 Å². The van der Waals surface area contributed by atoms with Gasteiger partial charge in [-0.05, 0) is 26.7 Å². The van der Waals surface area contributed by atoms with E-state index in [-0.39, 0.29) is 17.4 Å². The summed E-state index contributed by atoms with van der Waals surface area (Å²) in [5.74, 6) is 0.190. The van der Waals surface area contributed by atoms with E-state index in [1.807, 2.05) is 18.7 Å². The summed E-state index contributed by atoms with van der Waals surface area (Å²) in [4.78, 5) is 14.1. The van der Waals surface area contributed by atoms with Crippen LogP contribution >= 0.6 is 0 Å². The van der Waals surface area contributed by atoms with E-state index in [4.69, 9.17) is 5.73 Å². The highest BCUT2D eigenvalue weighted by molar-refractivity contribution is 5.83. The number of carbonyl (C=O) groups is 1. The molecule has 0 aliphatic heterocycles. The highest BCUT2D eigenvalue weighted by Crippen LogP contribution is 2.38. The van der Waals surface area contributed by atoms with Crippen molar-refractivity contribution in [3.05, 3.63) is 12.7 Å². The lowest BCUT2D eigenvalue weighted by Gasteiger charge is -2.33. The third-order valence-corrected chi connectivity index (χ3v) is 3.54. The van der Waals surface area contributed by atoms with E-state index in [1.54, 1.807) is 6.08 Å². The van der Waals surface area contributed by atoms with Crippen LogP contribution in [0.15, 0.2) is 12.7 Å². The highest BCUT2D eigenvalue weighted by Gasteiger charge is 2.44. The molecule has 15 heavy (non-hydrogen) atoms. The molecule has 1 aliphatic carbocycles. The molecule has 1 fully saturated rings. The molecule has 0 aromatic rings. The van der Waals surface area contributed by atoms with E-state index >= 15 is 0 Å². The van der Waals surface area contributed by atoms with Gasteiger partial charge in [0.05, 0.1) is 5.41 Å². The number of likely N-dealkylation sites (N-methyl/N-ethyl adjacent to an activating group) is 1. The molecule has 2 atom stereocenters. The minimum absolute atomic E-state index is 0.0175. The Labute approximate surface area is 92.3 Å². The van der Waals surface area contributed by atoms with Gasteiger partial charge in [-0.3, -0.25) is 4.79 Å². The summed E-state index contributed by atoms with van der Waals surface area (Å²) >= 11 is 0. The van der Waals surface area contributed by atoms with Gasteiger partial charge in [0, 0.05) is 19.1 Å². The molecule has 0 aromatic carbocycles. The Kier molecular flexibility index (Phi) is 3.91. The van der Waals surface area contributed by atoms with Gasteiger partial charge < -0.3 is 10.6 Å². The largest absolute Gasteiger partial charge is 0.339 e. The third kappa shape index (κ3) is 2.23. The van der Waals surface area contributed by atoms with Crippen LogP contribution < -0.4 is 5.73 Å². The normalized spacial score (nSPS) is 30.2. The standard InChI is InChI=1S/C12H22N2O/c1-4-9-14(5-2)11(15)12(3)8-6-7-10(12)13/h4,10H,1,5-9,13H2,2-3H3. The topological polar surface area (TPSA) is 46.3 Å². The molecule has 3 heteroatoms. The quantitative estimate of drug-likeness (QED) is 0.715. The number of hydrogen-bond acceptors (Lipinski definition) is 2. The summed E-state index contributed by atoms with van der Waals surface area (Å²) in [6, 6.07) is 0.0175. The average Bonchev–Trinajstić information content (AvgIpc) is 2.56. The summed E-state index contributed by atoms with van der Waals surface area (Å²) in [5.41, 5.74) is 5.68. The highest BCUT2D eigenvalue weighted by atomic mass is 16.2. The van der Waals surface area contributed by atoms with Crippen LogP contribution in [0.2, 0.25) is 0 Å². The summed E-state index contributed by atoms with van der Waals surface area (Å²) in [6.07, 6.45) is 4.72. The average molecular weight is 210 g/mol. The van der Waals surface area contributed by atoms with Gasteiger partial charge in [-0.15, -0.1) is 6.58 Å². The molecule has 0 saturated heterocycles. The first-order valence-electron chi connectivity index (χ1n) is 5.72. The Balaban J connectivity index is 2.76. The first kappa shape index (κ1) is 12.2. The maximum absolute atomic E-state index is 12.3. The number of nitrogens with zero attached hydrogens (tertiary/aromatic N) is 1. The SMILES string of the molecule is C=CCN(CC)C(=O)C1(C)CCCC1N. The van der Waals surface area contributed by atoms with Gasteiger partial charge in [0.15, 0.2) is 0 Å². The third-order valence-electron chi connectivity index (χ3n) is 3.54. The fourth-order valence-electron chi connectivity index (χ4n) is 2.33. The first-order chi connectivity index (χ1) is 7.06. The molecule has 1 aliphatic rings. The van der Waals surface area contributed by atoms with Crippen LogP contribution in [0.3, 0.4) is 0 Å². The van der Waals surface area contributed by atoms with Crippen LogP contribution in [-0.2, 0) is 4.79 Å². The van der Waals surface area contributed by atoms with Crippen LogP contribution in [-0.4, -0.2) is 29.9 Å². The smallest absolute Gasteiger partial charge is 0.230 e. The zero-order chi connectivity index (χ0) is 11.5. The van der Waals surface area contributed by atoms with E-state index in [2.05, 4.69) is 6.58 Å². The number of rotatable bonds is 4. The molecule has 0 aromatic heterocycles. The molecule has 2 unspecified atom stereocenters. The van der Waals surface area contributed by atoms with Crippen LogP contribution in [0.5, 0.6) is 0 Å². The minimum Gasteiger partial charge on any atom is -0.339 e. The van der Waals surface area contributed by atoms with Crippen molar-refractivity contribution in [3.63, 3.8) is 0 Å². The number of nitrogens with two attached hydrogens (primary N) is 1. The maximum atomic E-state index is 12.3. The summed E-state index contributed by atoms with van der Waals surface area (Å²) in [7, 11) is 0. The Bertz CT molecular complexity index is 252. The number of hydrogen-bond donors (Lipinski definition) is 1. The van der Waals surface area contributed by atoms with Crippen molar-refractivity contribution < 1.29 is 4.79 Å². The van der Waals surface area contributed by atoms with Crippen molar-refractivity contribution >= 4 is 5.91 Å². The van der Waals surface area contributed by atoms with E-state index in [0.717, 1.165) is 25.8 Å². The monoisotopic (exact) mass is 210 g/mol. The van der Waals surface area contributed by atoms with Crippen molar-refractivity contribution in [1.29, 1.82) is 0 Å². The molecule has 3 nitrogen and oxygen atoms in total. The predicted molar refractivity (Wildman–Crippen MR) is 62.4 cm³/mol. The zero-order valence-electron chi connectivity index (χ0n) is 9.83. The van der Waals surface area contributed by atoms with Gasteiger partial charge in [-0.1, -0.05) is 12.5 Å². The zero-order valence-corrected chi connectivity index (χ0v) is 9.83. The van der Waals surface area contributed by atoms with E-state index < -0.39 is 0 Å². The molecule has 86 valence electrons. The minimum atomic E-state index is -0.348. The second-order valence-electron chi connectivity index (χ2n) is 4.55. The molecule has 0 spiro atoms. The fourth-order valence-corrected chi connectivity index (χ4v) is 2.33. The number of amides is 1. The number of carbonyl (C=O) groups excluding carboxylic acids is 1. The predicted octanol–water partition coefficient (Wildman–Crippen LogP) is 1.54. The van der Waals surface area contributed by atoms with Crippen molar-refractivity contribution in [2.24, 2.45) is 11.1 Å². The molecule has 1 amide bonds. The summed E-state index contributed by atoms with van der Waals surface area (Å²) < 4.78 is 0. The molecular weight excluding hydrogens is 188 g/mol. The van der Waals surface area contributed by atoms with Crippen molar-refractivity contribution in [3.8, 4) is 0 Å². The van der Waals surface area contributed by atoms with Gasteiger partial charge in [0.2, 0.25) is 5.91 Å². The fraction of sp³-hybridized carbons (Fsp3) is 0.750. The molecule has 0 heterocycles. The summed E-state index contributed by atoms with van der Waals surface area (Å²) in [5, 5.41) is 0. The molecule has 2 N–H and O–H groups in total. The molecule has 1 saturated carbocycles. The van der Waals surface area contributed by atoms with Crippen molar-refractivity contribution in [2.45, 2.75) is 39.2 Å². The van der Waals surface area contributed by atoms with Gasteiger partial charge in [-0.2, -0.15) is 0 Å². The van der Waals surface area contributed by atoms with Crippen molar-refractivity contribution in [1.82, 2.24) is 4.90 Å². The lowest BCUT2D eigenvalue weighted by Crippen LogP contribution is -2.49. The van der Waals surface area contributed by atoms with Crippen molar-refractivity contribution in [2.75, 3.05) is 13.1 Å². The van der Waals surface area contributed by atoms with Crippen LogP contribution in [0.4, 0.5) is 0 Å². The summed E-state index contributed by atoms with van der Waals surface area (Å²) in [6.45, 7) is 9.02.